The third kappa shape index (κ3) is 3.11. The highest BCUT2D eigenvalue weighted by atomic mass is 16.3. The zero-order chi connectivity index (χ0) is 16.4. The number of imidazole rings is 1. The topological polar surface area (TPSA) is 67.2 Å². The van der Waals surface area contributed by atoms with Crippen LogP contribution in [0.3, 0.4) is 0 Å². The third-order valence-corrected chi connectivity index (χ3v) is 4.67. The molecular weight excluding hydrogens is 290 g/mol. The van der Waals surface area contributed by atoms with Gasteiger partial charge in [-0.1, -0.05) is 12.1 Å². The number of rotatable bonds is 5. The van der Waals surface area contributed by atoms with Crippen molar-refractivity contribution >= 4 is 16.9 Å². The molecule has 3 rings (SSSR count). The smallest absolute Gasteiger partial charge is 0.251 e. The fourth-order valence-corrected chi connectivity index (χ4v) is 3.49. The highest BCUT2D eigenvalue weighted by Gasteiger charge is 2.38. The predicted molar refractivity (Wildman–Crippen MR) is 90.2 cm³/mol. The lowest BCUT2D eigenvalue weighted by Gasteiger charge is -2.21. The van der Waals surface area contributed by atoms with E-state index in [1.54, 1.807) is 0 Å². The Kier molecular flexibility index (Phi) is 4.39. The van der Waals surface area contributed by atoms with E-state index in [-0.39, 0.29) is 5.91 Å². The van der Waals surface area contributed by atoms with Crippen LogP contribution in [-0.2, 0) is 11.2 Å². The van der Waals surface area contributed by atoms with Crippen molar-refractivity contribution in [3.8, 4) is 0 Å². The predicted octanol–water partition coefficient (Wildman–Crippen LogP) is 2.58. The summed E-state index contributed by atoms with van der Waals surface area (Å²) in [4.78, 5) is 16.9. The lowest BCUT2D eigenvalue weighted by Crippen LogP contribution is -2.45. The zero-order valence-corrected chi connectivity index (χ0v) is 13.9. The van der Waals surface area contributed by atoms with E-state index < -0.39 is 5.60 Å². The van der Waals surface area contributed by atoms with Crippen LogP contribution in [0.4, 0.5) is 0 Å². The molecule has 1 saturated carbocycles. The summed E-state index contributed by atoms with van der Waals surface area (Å²) >= 11 is 0. The quantitative estimate of drug-likeness (QED) is 0.891. The van der Waals surface area contributed by atoms with Crippen LogP contribution in [0.1, 0.15) is 51.4 Å². The first-order valence-corrected chi connectivity index (χ1v) is 8.48. The summed E-state index contributed by atoms with van der Waals surface area (Å²) in [6, 6.07) is 8.40. The van der Waals surface area contributed by atoms with Crippen molar-refractivity contribution in [2.45, 2.75) is 57.6 Å². The van der Waals surface area contributed by atoms with E-state index in [0.717, 1.165) is 29.7 Å². The van der Waals surface area contributed by atoms with Crippen molar-refractivity contribution in [3.05, 3.63) is 30.1 Å². The minimum absolute atomic E-state index is 0.234. The van der Waals surface area contributed by atoms with Gasteiger partial charge < -0.3 is 15.0 Å². The molecule has 23 heavy (non-hydrogen) atoms. The number of nitrogens with one attached hydrogen (secondary N) is 1. The van der Waals surface area contributed by atoms with Gasteiger partial charge >= 0.3 is 0 Å². The maximum atomic E-state index is 12.2. The molecule has 0 spiro atoms. The Bertz CT molecular complexity index is 699. The Hall–Kier alpha value is -1.88. The number of para-hydroxylation sites is 2. The summed E-state index contributed by atoms with van der Waals surface area (Å²) in [6.45, 7) is 4.77. The first-order valence-electron chi connectivity index (χ1n) is 8.48. The van der Waals surface area contributed by atoms with Crippen molar-refractivity contribution in [3.63, 3.8) is 0 Å². The molecule has 1 aromatic carbocycles. The zero-order valence-electron chi connectivity index (χ0n) is 13.9. The van der Waals surface area contributed by atoms with Gasteiger partial charge in [-0.25, -0.2) is 4.98 Å². The van der Waals surface area contributed by atoms with Gasteiger partial charge in [0, 0.05) is 19.0 Å². The van der Waals surface area contributed by atoms with Crippen LogP contribution < -0.4 is 5.32 Å². The van der Waals surface area contributed by atoms with Crippen LogP contribution in [-0.4, -0.2) is 32.7 Å². The van der Waals surface area contributed by atoms with Crippen LogP contribution in [0.5, 0.6) is 0 Å². The summed E-state index contributed by atoms with van der Waals surface area (Å²) in [5, 5.41) is 13.2. The first kappa shape index (κ1) is 16.0. The second-order valence-corrected chi connectivity index (χ2v) is 6.73. The van der Waals surface area contributed by atoms with Gasteiger partial charge in [0.25, 0.3) is 5.91 Å². The molecule has 2 aromatic rings. The minimum atomic E-state index is -1.15. The largest absolute Gasteiger partial charge is 0.380 e. The fraction of sp³-hybridized carbons (Fsp3) is 0.556. The molecule has 0 atom stereocenters. The van der Waals surface area contributed by atoms with Crippen LogP contribution in [0.15, 0.2) is 24.3 Å². The summed E-state index contributed by atoms with van der Waals surface area (Å²) in [6.07, 6.45) is 3.65. The Labute approximate surface area is 136 Å². The van der Waals surface area contributed by atoms with Crippen molar-refractivity contribution in [2.75, 3.05) is 6.54 Å². The summed E-state index contributed by atoms with van der Waals surface area (Å²) in [5.41, 5.74) is 0.952. The van der Waals surface area contributed by atoms with Crippen LogP contribution in [0.25, 0.3) is 11.0 Å². The number of benzene rings is 1. The molecule has 0 unspecified atom stereocenters. The number of fused-ring (bicyclic) bond motifs is 1. The maximum absolute atomic E-state index is 12.2. The number of carbonyl (C=O) groups excluding carboxylic acids is 1. The van der Waals surface area contributed by atoms with E-state index >= 15 is 0 Å². The molecule has 1 aliphatic rings. The average Bonchev–Trinajstić information content (AvgIpc) is 3.11. The molecule has 1 aromatic heterocycles. The van der Waals surface area contributed by atoms with E-state index in [4.69, 9.17) is 4.98 Å². The highest BCUT2D eigenvalue weighted by Crippen LogP contribution is 2.29. The normalized spacial score (nSPS) is 17.0. The van der Waals surface area contributed by atoms with Gasteiger partial charge in [-0.3, -0.25) is 4.79 Å². The molecule has 0 radical (unpaired) electrons. The fourth-order valence-electron chi connectivity index (χ4n) is 3.49. The molecule has 2 N–H and O–H groups in total. The van der Waals surface area contributed by atoms with Crippen molar-refractivity contribution in [2.24, 2.45) is 0 Å². The summed E-state index contributed by atoms with van der Waals surface area (Å²) in [7, 11) is 0. The van der Waals surface area contributed by atoms with Gasteiger partial charge in [-0.15, -0.1) is 0 Å². The second kappa shape index (κ2) is 6.32. The van der Waals surface area contributed by atoms with Crippen molar-refractivity contribution in [1.29, 1.82) is 0 Å². The maximum Gasteiger partial charge on any atom is 0.251 e. The lowest BCUT2D eigenvalue weighted by atomic mass is 10.0. The lowest BCUT2D eigenvalue weighted by molar-refractivity contribution is -0.139. The number of aromatic nitrogens is 2. The number of hydrogen-bond donors (Lipinski definition) is 2. The number of carbonyl (C=O) groups is 1. The molecule has 0 saturated heterocycles. The van der Waals surface area contributed by atoms with E-state index in [0.29, 0.717) is 31.8 Å². The third-order valence-electron chi connectivity index (χ3n) is 4.67. The summed E-state index contributed by atoms with van der Waals surface area (Å²) < 4.78 is 2.21. The Morgan fingerprint density at radius 1 is 1.35 bits per heavy atom. The number of amides is 1. The molecule has 1 fully saturated rings. The van der Waals surface area contributed by atoms with E-state index in [1.807, 2.05) is 18.2 Å². The van der Waals surface area contributed by atoms with Crippen molar-refractivity contribution < 1.29 is 9.90 Å². The van der Waals surface area contributed by atoms with E-state index in [2.05, 4.69) is 29.8 Å². The molecule has 0 aliphatic heterocycles. The van der Waals surface area contributed by atoms with Gasteiger partial charge in [0.2, 0.25) is 0 Å². The molecule has 124 valence electrons. The monoisotopic (exact) mass is 315 g/mol. The second-order valence-electron chi connectivity index (χ2n) is 6.73. The first-order chi connectivity index (χ1) is 11.0. The molecular formula is C18H25N3O2. The molecule has 1 amide bonds. The van der Waals surface area contributed by atoms with Crippen LogP contribution in [0.2, 0.25) is 0 Å². The minimum Gasteiger partial charge on any atom is -0.380 e. The Balaban J connectivity index is 1.70. The van der Waals surface area contributed by atoms with Gasteiger partial charge in [-0.05, 0) is 51.7 Å². The standard InChI is InChI=1S/C18H25N3O2/c1-13(2)21-15-8-4-3-7-14(15)20-16(21)9-12-19-17(22)18(23)10-5-6-11-18/h3-4,7-8,13,23H,5-6,9-12H2,1-2H3,(H,19,22). The van der Waals surface area contributed by atoms with Gasteiger partial charge in [0.05, 0.1) is 11.0 Å². The van der Waals surface area contributed by atoms with Gasteiger partial charge in [-0.2, -0.15) is 0 Å². The van der Waals surface area contributed by atoms with Gasteiger partial charge in [0.15, 0.2) is 0 Å². The number of aliphatic hydroxyl groups is 1. The van der Waals surface area contributed by atoms with E-state index in [9.17, 15) is 9.90 Å². The van der Waals surface area contributed by atoms with Gasteiger partial charge in [0.1, 0.15) is 11.4 Å². The molecule has 5 heteroatoms. The molecule has 0 bridgehead atoms. The average molecular weight is 315 g/mol. The van der Waals surface area contributed by atoms with Crippen LogP contribution in [0, 0.1) is 0 Å². The number of nitrogens with zero attached hydrogens (tertiary/aromatic N) is 2. The SMILES string of the molecule is CC(C)n1c(CCNC(=O)C2(O)CCCC2)nc2ccccc21. The summed E-state index contributed by atoms with van der Waals surface area (Å²) in [5.74, 6) is 0.738. The Morgan fingerprint density at radius 2 is 2.04 bits per heavy atom. The highest BCUT2D eigenvalue weighted by molar-refractivity contribution is 5.85. The van der Waals surface area contributed by atoms with E-state index in [1.165, 1.54) is 0 Å². The molecule has 1 aliphatic carbocycles. The Morgan fingerprint density at radius 3 is 2.74 bits per heavy atom. The molecule has 1 heterocycles. The number of hydrogen-bond acceptors (Lipinski definition) is 3. The molecule has 5 nitrogen and oxygen atoms in total. The van der Waals surface area contributed by atoms with Crippen molar-refractivity contribution in [1.82, 2.24) is 14.9 Å². The van der Waals surface area contributed by atoms with Crippen LogP contribution >= 0.6 is 0 Å².